The minimum absolute atomic E-state index is 0.0171. The Kier molecular flexibility index (Phi) is 4.28. The summed E-state index contributed by atoms with van der Waals surface area (Å²) in [6, 6.07) is 1.06. The average molecular weight is 326 g/mol. The lowest BCUT2D eigenvalue weighted by atomic mass is 10.1. The standard InChI is InChI=1S/C14H13F3N4O2/c15-8-6-10(17)9(16)4-7(8)5-12(22)18-14-19-13(20-21-14)11-2-1-3-23-11/h4,6,11H,1-3,5H2,(H2,18,19,20,21,22)/t11-/m1/s1. The maximum atomic E-state index is 13.5. The first-order valence-corrected chi connectivity index (χ1v) is 7.00. The van der Waals surface area contributed by atoms with Gasteiger partial charge < -0.3 is 4.74 Å². The molecule has 0 radical (unpaired) electrons. The van der Waals surface area contributed by atoms with Crippen LogP contribution in [0.3, 0.4) is 0 Å². The first-order valence-electron chi connectivity index (χ1n) is 7.00. The Bertz CT molecular complexity index is 729. The summed E-state index contributed by atoms with van der Waals surface area (Å²) in [5.41, 5.74) is -0.253. The molecule has 1 amide bonds. The van der Waals surface area contributed by atoms with Crippen LogP contribution in [0, 0.1) is 17.5 Å². The third-order valence-corrected chi connectivity index (χ3v) is 3.43. The number of aromatic nitrogens is 3. The molecule has 3 rings (SSSR count). The number of amides is 1. The summed E-state index contributed by atoms with van der Waals surface area (Å²) >= 11 is 0. The largest absolute Gasteiger partial charge is 0.370 e. The van der Waals surface area contributed by atoms with Crippen molar-refractivity contribution in [3.8, 4) is 0 Å². The zero-order chi connectivity index (χ0) is 16.4. The molecule has 0 unspecified atom stereocenters. The fraction of sp³-hybridized carbons (Fsp3) is 0.357. The molecule has 122 valence electrons. The van der Waals surface area contributed by atoms with Crippen LogP contribution in [0.4, 0.5) is 19.1 Å². The number of aromatic amines is 1. The lowest BCUT2D eigenvalue weighted by Crippen LogP contribution is -2.16. The van der Waals surface area contributed by atoms with Crippen LogP contribution >= 0.6 is 0 Å². The van der Waals surface area contributed by atoms with E-state index >= 15 is 0 Å². The molecule has 2 aromatic rings. The Hall–Kier alpha value is -2.42. The number of rotatable bonds is 4. The summed E-state index contributed by atoms with van der Waals surface area (Å²) in [5.74, 6) is -3.64. The number of benzene rings is 1. The van der Waals surface area contributed by atoms with Crippen molar-refractivity contribution in [2.75, 3.05) is 11.9 Å². The van der Waals surface area contributed by atoms with Gasteiger partial charge in [-0.15, -0.1) is 5.10 Å². The van der Waals surface area contributed by atoms with Crippen molar-refractivity contribution in [2.45, 2.75) is 25.4 Å². The number of halogens is 3. The molecule has 0 bridgehead atoms. The molecule has 1 atom stereocenters. The van der Waals surface area contributed by atoms with Crippen molar-refractivity contribution in [1.82, 2.24) is 15.2 Å². The maximum absolute atomic E-state index is 13.5. The maximum Gasteiger partial charge on any atom is 0.248 e. The van der Waals surface area contributed by atoms with Gasteiger partial charge in [-0.3, -0.25) is 15.2 Å². The summed E-state index contributed by atoms with van der Waals surface area (Å²) in [7, 11) is 0. The van der Waals surface area contributed by atoms with Crippen molar-refractivity contribution in [2.24, 2.45) is 0 Å². The summed E-state index contributed by atoms with van der Waals surface area (Å²) in [6.45, 7) is 0.641. The van der Waals surface area contributed by atoms with Crippen LogP contribution in [0.1, 0.15) is 30.3 Å². The second-order valence-electron chi connectivity index (χ2n) is 5.13. The molecule has 23 heavy (non-hydrogen) atoms. The van der Waals surface area contributed by atoms with Gasteiger partial charge in [0.2, 0.25) is 11.9 Å². The van der Waals surface area contributed by atoms with Crippen LogP contribution < -0.4 is 5.32 Å². The molecule has 1 fully saturated rings. The van der Waals surface area contributed by atoms with Gasteiger partial charge in [-0.1, -0.05) is 0 Å². The lowest BCUT2D eigenvalue weighted by molar-refractivity contribution is -0.115. The number of nitrogens with zero attached hydrogens (tertiary/aromatic N) is 2. The Labute approximate surface area is 129 Å². The number of nitrogens with one attached hydrogen (secondary N) is 2. The van der Waals surface area contributed by atoms with Gasteiger partial charge >= 0.3 is 0 Å². The van der Waals surface area contributed by atoms with Crippen LogP contribution in [0.2, 0.25) is 0 Å². The van der Waals surface area contributed by atoms with Crippen LogP contribution in [0.15, 0.2) is 12.1 Å². The second kappa shape index (κ2) is 6.37. The number of hydrogen-bond donors (Lipinski definition) is 2. The molecule has 2 N–H and O–H groups in total. The van der Waals surface area contributed by atoms with Crippen LogP contribution in [0.25, 0.3) is 0 Å². The van der Waals surface area contributed by atoms with E-state index in [1.54, 1.807) is 0 Å². The summed E-state index contributed by atoms with van der Waals surface area (Å²) in [4.78, 5) is 15.9. The normalized spacial score (nSPS) is 17.4. The van der Waals surface area contributed by atoms with E-state index in [0.29, 0.717) is 24.6 Å². The SMILES string of the molecule is O=C(Cc1cc(F)c(F)cc1F)Nc1n[nH]c([C@H]2CCCO2)n1. The van der Waals surface area contributed by atoms with Crippen molar-refractivity contribution in [1.29, 1.82) is 0 Å². The third-order valence-electron chi connectivity index (χ3n) is 3.43. The van der Waals surface area contributed by atoms with E-state index in [4.69, 9.17) is 4.74 Å². The topological polar surface area (TPSA) is 79.9 Å². The molecule has 1 aromatic carbocycles. The number of anilines is 1. The van der Waals surface area contributed by atoms with E-state index in [-0.39, 0.29) is 17.6 Å². The van der Waals surface area contributed by atoms with Gasteiger partial charge in [0.15, 0.2) is 17.5 Å². The molecule has 0 aliphatic carbocycles. The zero-order valence-corrected chi connectivity index (χ0v) is 11.9. The smallest absolute Gasteiger partial charge is 0.248 e. The minimum atomic E-state index is -1.30. The van der Waals surface area contributed by atoms with Crippen LogP contribution in [-0.4, -0.2) is 27.7 Å². The molecule has 1 saturated heterocycles. The predicted octanol–water partition coefficient (Wildman–Crippen LogP) is 2.25. The molecule has 1 aromatic heterocycles. The molecule has 6 nitrogen and oxygen atoms in total. The predicted molar refractivity (Wildman–Crippen MR) is 73.0 cm³/mol. The molecular formula is C14H13F3N4O2. The number of ether oxygens (including phenoxy) is 1. The van der Waals surface area contributed by atoms with Gasteiger partial charge in [0.1, 0.15) is 11.9 Å². The monoisotopic (exact) mass is 326 g/mol. The van der Waals surface area contributed by atoms with Gasteiger partial charge in [0.25, 0.3) is 0 Å². The molecule has 0 spiro atoms. The number of carbonyl (C=O) groups excluding carboxylic acids is 1. The number of carbonyl (C=O) groups is 1. The highest BCUT2D eigenvalue weighted by molar-refractivity contribution is 5.90. The van der Waals surface area contributed by atoms with E-state index in [2.05, 4.69) is 20.5 Å². The Morgan fingerprint density at radius 1 is 1.30 bits per heavy atom. The van der Waals surface area contributed by atoms with Crippen molar-refractivity contribution in [3.05, 3.63) is 41.0 Å². The third kappa shape index (κ3) is 3.50. The molecular weight excluding hydrogens is 313 g/mol. The van der Waals surface area contributed by atoms with Gasteiger partial charge in [-0.05, 0) is 18.9 Å². The summed E-state index contributed by atoms with van der Waals surface area (Å²) < 4.78 is 44.9. The van der Waals surface area contributed by atoms with Gasteiger partial charge in [-0.2, -0.15) is 4.98 Å². The van der Waals surface area contributed by atoms with E-state index in [0.717, 1.165) is 12.8 Å². The number of H-pyrrole nitrogens is 1. The fourth-order valence-corrected chi connectivity index (χ4v) is 2.31. The second-order valence-corrected chi connectivity index (χ2v) is 5.13. The fourth-order valence-electron chi connectivity index (χ4n) is 2.31. The average Bonchev–Trinajstić information content (AvgIpc) is 3.15. The molecule has 1 aliphatic rings. The first-order chi connectivity index (χ1) is 11.0. The van der Waals surface area contributed by atoms with Gasteiger partial charge in [0.05, 0.1) is 6.42 Å². The highest BCUT2D eigenvalue weighted by Gasteiger charge is 2.22. The molecule has 2 heterocycles. The first kappa shape index (κ1) is 15.5. The van der Waals surface area contributed by atoms with Crippen molar-refractivity contribution in [3.63, 3.8) is 0 Å². The Morgan fingerprint density at radius 3 is 2.83 bits per heavy atom. The highest BCUT2D eigenvalue weighted by atomic mass is 19.2. The summed E-state index contributed by atoms with van der Waals surface area (Å²) in [5, 5.41) is 8.85. The highest BCUT2D eigenvalue weighted by Crippen LogP contribution is 2.26. The van der Waals surface area contributed by atoms with Gasteiger partial charge in [0, 0.05) is 18.2 Å². The van der Waals surface area contributed by atoms with Crippen molar-refractivity contribution >= 4 is 11.9 Å². The quantitative estimate of drug-likeness (QED) is 0.845. The van der Waals surface area contributed by atoms with Crippen LogP contribution in [0.5, 0.6) is 0 Å². The Balaban J connectivity index is 1.64. The van der Waals surface area contributed by atoms with E-state index in [1.165, 1.54) is 0 Å². The summed E-state index contributed by atoms with van der Waals surface area (Å²) in [6.07, 6.45) is 1.08. The van der Waals surface area contributed by atoms with Crippen molar-refractivity contribution < 1.29 is 22.7 Å². The van der Waals surface area contributed by atoms with E-state index in [1.807, 2.05) is 0 Å². The molecule has 1 aliphatic heterocycles. The zero-order valence-electron chi connectivity index (χ0n) is 11.9. The lowest BCUT2D eigenvalue weighted by Gasteiger charge is -2.04. The molecule has 0 saturated carbocycles. The van der Waals surface area contributed by atoms with E-state index < -0.39 is 29.8 Å². The Morgan fingerprint density at radius 2 is 2.09 bits per heavy atom. The van der Waals surface area contributed by atoms with Crippen LogP contribution in [-0.2, 0) is 16.0 Å². The molecule has 9 heteroatoms. The number of hydrogen-bond acceptors (Lipinski definition) is 4. The minimum Gasteiger partial charge on any atom is -0.370 e. The van der Waals surface area contributed by atoms with Gasteiger partial charge in [-0.25, -0.2) is 13.2 Å². The van der Waals surface area contributed by atoms with E-state index in [9.17, 15) is 18.0 Å².